The summed E-state index contributed by atoms with van der Waals surface area (Å²) in [5.74, 6) is 1.98. The molecule has 2 unspecified atom stereocenters. The van der Waals surface area contributed by atoms with Gasteiger partial charge in [0.2, 0.25) is 0 Å². The minimum absolute atomic E-state index is 0.957. The smallest absolute Gasteiger partial charge is 0.0414 e. The van der Waals surface area contributed by atoms with Crippen molar-refractivity contribution in [3.63, 3.8) is 0 Å². The van der Waals surface area contributed by atoms with Crippen LogP contribution in [0.2, 0.25) is 0 Å². The standard InChI is InChI=1S/C80H162/c1-5-8-11-14-17-20-23-26-29-31-33-34-35-36-37-38-40-42-45-48-51-57-62-67-72-77-80(76-71-66-61-56-50-47-44-41-39-32-30-27-24-21-18-15-12-9-6-2)78-73-68-63-58-53-52-55-60-65-70-75-79(4)74-69-64-59-54-49-46-43-28-25-22-19-16-13-10-7-3/h79-80H,5-78H2,1-4H3. The molecule has 0 N–H and O–H groups in total. The van der Waals surface area contributed by atoms with Crippen molar-refractivity contribution in [1.29, 1.82) is 0 Å². The average Bonchev–Trinajstić information content (AvgIpc) is 3.46. The summed E-state index contributed by atoms with van der Waals surface area (Å²) in [4.78, 5) is 0. The van der Waals surface area contributed by atoms with Crippen LogP contribution < -0.4 is 0 Å². The summed E-state index contributed by atoms with van der Waals surface area (Å²) >= 11 is 0. The highest BCUT2D eigenvalue weighted by molar-refractivity contribution is 4.64. The second-order valence-corrected chi connectivity index (χ2v) is 28.2. The molecule has 0 bridgehead atoms. The van der Waals surface area contributed by atoms with Crippen molar-refractivity contribution < 1.29 is 0 Å². The van der Waals surface area contributed by atoms with E-state index in [-0.39, 0.29) is 0 Å². The first-order chi connectivity index (χ1) is 39.7. The zero-order valence-electron chi connectivity index (χ0n) is 57.5. The maximum Gasteiger partial charge on any atom is -0.0414 e. The summed E-state index contributed by atoms with van der Waals surface area (Å²) in [6.45, 7) is 9.51. The second-order valence-electron chi connectivity index (χ2n) is 28.2. The van der Waals surface area contributed by atoms with Crippen LogP contribution in [0.25, 0.3) is 0 Å². The van der Waals surface area contributed by atoms with Gasteiger partial charge in [0, 0.05) is 0 Å². The predicted octanol–water partition coefficient (Wildman–Crippen LogP) is 31.2. The van der Waals surface area contributed by atoms with E-state index in [1.54, 1.807) is 0 Å². The van der Waals surface area contributed by atoms with Crippen LogP contribution in [0.1, 0.15) is 503 Å². The summed E-state index contributed by atoms with van der Waals surface area (Å²) in [5, 5.41) is 0. The molecule has 0 aliphatic heterocycles. The van der Waals surface area contributed by atoms with Crippen molar-refractivity contribution in [1.82, 2.24) is 0 Å². The molecule has 0 rings (SSSR count). The van der Waals surface area contributed by atoms with Crippen molar-refractivity contribution in [3.05, 3.63) is 0 Å². The van der Waals surface area contributed by atoms with Crippen LogP contribution in [0.15, 0.2) is 0 Å². The Balaban J connectivity index is 4.01. The first kappa shape index (κ1) is 80.0. The van der Waals surface area contributed by atoms with E-state index < -0.39 is 0 Å². The topological polar surface area (TPSA) is 0 Å². The van der Waals surface area contributed by atoms with Crippen LogP contribution >= 0.6 is 0 Å². The number of hydrogen-bond acceptors (Lipinski definition) is 0. The lowest BCUT2D eigenvalue weighted by Gasteiger charge is -2.17. The van der Waals surface area contributed by atoms with Gasteiger partial charge in [0.1, 0.15) is 0 Å². The minimum atomic E-state index is 0.957. The SMILES string of the molecule is CCCCCCCCCCCCCCCCCCCCCCCCCCCC(CCCCCCCCCCCCCCCCCCCCC)CCCCCCCCCCCCC(C)CCCCCCCCCCCCCCCCC. The van der Waals surface area contributed by atoms with Crippen LogP contribution in [-0.2, 0) is 0 Å². The summed E-state index contributed by atoms with van der Waals surface area (Å²) in [6.07, 6.45) is 110. The first-order valence-electron chi connectivity index (χ1n) is 39.7. The lowest BCUT2D eigenvalue weighted by Crippen LogP contribution is -2.01. The lowest BCUT2D eigenvalue weighted by molar-refractivity contribution is 0.365. The summed E-state index contributed by atoms with van der Waals surface area (Å²) in [6, 6.07) is 0. The molecule has 0 aliphatic carbocycles. The maximum atomic E-state index is 2.54. The Morgan fingerprint density at radius 2 is 0.225 bits per heavy atom. The van der Waals surface area contributed by atoms with Gasteiger partial charge in [0.25, 0.3) is 0 Å². The molecule has 0 heteroatoms. The molecule has 0 spiro atoms. The third-order valence-corrected chi connectivity index (χ3v) is 19.8. The highest BCUT2D eigenvalue weighted by Crippen LogP contribution is 2.27. The summed E-state index contributed by atoms with van der Waals surface area (Å²) < 4.78 is 0. The van der Waals surface area contributed by atoms with Gasteiger partial charge in [-0.1, -0.05) is 503 Å². The molecule has 0 heterocycles. The second kappa shape index (κ2) is 75.1. The highest BCUT2D eigenvalue weighted by atomic mass is 14.2. The first-order valence-corrected chi connectivity index (χ1v) is 39.7. The van der Waals surface area contributed by atoms with E-state index in [0.29, 0.717) is 0 Å². The van der Waals surface area contributed by atoms with Gasteiger partial charge in [0.05, 0.1) is 0 Å². The molecule has 0 amide bonds. The third-order valence-electron chi connectivity index (χ3n) is 19.8. The molecule has 2 atom stereocenters. The van der Waals surface area contributed by atoms with Gasteiger partial charge < -0.3 is 0 Å². The van der Waals surface area contributed by atoms with Gasteiger partial charge in [-0.05, 0) is 11.8 Å². The lowest BCUT2D eigenvalue weighted by atomic mass is 9.89. The van der Waals surface area contributed by atoms with E-state index in [1.165, 1.54) is 475 Å². The van der Waals surface area contributed by atoms with Crippen molar-refractivity contribution in [2.45, 2.75) is 503 Å². The Morgan fingerprint density at radius 1 is 0.125 bits per heavy atom. The number of unbranched alkanes of at least 4 members (excludes halogenated alkanes) is 65. The zero-order valence-corrected chi connectivity index (χ0v) is 57.5. The Kier molecular flexibility index (Phi) is 75.1. The fourth-order valence-electron chi connectivity index (χ4n) is 13.9. The van der Waals surface area contributed by atoms with Gasteiger partial charge in [-0.2, -0.15) is 0 Å². The van der Waals surface area contributed by atoms with Crippen LogP contribution in [0.4, 0.5) is 0 Å². The molecule has 0 aromatic rings. The van der Waals surface area contributed by atoms with Crippen molar-refractivity contribution in [3.8, 4) is 0 Å². The van der Waals surface area contributed by atoms with E-state index in [4.69, 9.17) is 0 Å². The van der Waals surface area contributed by atoms with Gasteiger partial charge >= 0.3 is 0 Å². The maximum absolute atomic E-state index is 2.54. The van der Waals surface area contributed by atoms with Gasteiger partial charge in [-0.3, -0.25) is 0 Å². The van der Waals surface area contributed by atoms with E-state index in [1.807, 2.05) is 0 Å². The number of hydrogen-bond donors (Lipinski definition) is 0. The fraction of sp³-hybridized carbons (Fsp3) is 1.00. The van der Waals surface area contributed by atoms with Gasteiger partial charge in [0.15, 0.2) is 0 Å². The molecular formula is C80H162. The normalized spacial score (nSPS) is 12.6. The molecule has 0 aromatic heterocycles. The van der Waals surface area contributed by atoms with E-state index in [2.05, 4.69) is 27.7 Å². The molecule has 0 aromatic carbocycles. The molecule has 0 nitrogen and oxygen atoms in total. The van der Waals surface area contributed by atoms with E-state index >= 15 is 0 Å². The summed E-state index contributed by atoms with van der Waals surface area (Å²) in [7, 11) is 0. The summed E-state index contributed by atoms with van der Waals surface area (Å²) in [5.41, 5.74) is 0. The van der Waals surface area contributed by atoms with E-state index in [9.17, 15) is 0 Å². The monoisotopic (exact) mass is 1120 g/mol. The van der Waals surface area contributed by atoms with Gasteiger partial charge in [-0.25, -0.2) is 0 Å². The Morgan fingerprint density at radius 3 is 0.350 bits per heavy atom. The molecule has 0 fully saturated rings. The molecule has 0 saturated carbocycles. The minimum Gasteiger partial charge on any atom is -0.0654 e. The van der Waals surface area contributed by atoms with E-state index in [0.717, 1.165) is 11.8 Å². The fourth-order valence-corrected chi connectivity index (χ4v) is 13.9. The average molecular weight is 1120 g/mol. The molecule has 0 saturated heterocycles. The molecule has 0 aliphatic rings. The van der Waals surface area contributed by atoms with Crippen molar-refractivity contribution in [2.75, 3.05) is 0 Å². The third kappa shape index (κ3) is 72.3. The number of rotatable bonds is 75. The Hall–Kier alpha value is 0. The molecule has 80 heavy (non-hydrogen) atoms. The Labute approximate surface area is 512 Å². The van der Waals surface area contributed by atoms with Crippen molar-refractivity contribution in [2.24, 2.45) is 11.8 Å². The Bertz CT molecular complexity index is 1010. The quantitative estimate of drug-likeness (QED) is 0.0533. The molecule has 482 valence electrons. The molecule has 0 radical (unpaired) electrons. The van der Waals surface area contributed by atoms with Crippen LogP contribution in [0.3, 0.4) is 0 Å². The van der Waals surface area contributed by atoms with Crippen molar-refractivity contribution >= 4 is 0 Å². The van der Waals surface area contributed by atoms with Gasteiger partial charge in [-0.15, -0.1) is 0 Å². The predicted molar refractivity (Wildman–Crippen MR) is 371 cm³/mol. The zero-order chi connectivity index (χ0) is 57.5. The molecular weight excluding hydrogens is 961 g/mol. The van der Waals surface area contributed by atoms with Crippen LogP contribution in [0.5, 0.6) is 0 Å². The largest absolute Gasteiger partial charge is 0.0654 e. The highest BCUT2D eigenvalue weighted by Gasteiger charge is 2.10. The van der Waals surface area contributed by atoms with Crippen LogP contribution in [0, 0.1) is 11.8 Å². The van der Waals surface area contributed by atoms with Crippen LogP contribution in [-0.4, -0.2) is 0 Å².